The maximum absolute atomic E-state index is 5.25. The number of rotatable bonds is 5. The van der Waals surface area contributed by atoms with Crippen LogP contribution in [0.1, 0.15) is 19.3 Å². The minimum absolute atomic E-state index is 0.466. The van der Waals surface area contributed by atoms with E-state index in [1.54, 1.807) is 7.11 Å². The van der Waals surface area contributed by atoms with Crippen LogP contribution in [0, 0.1) is 0 Å². The van der Waals surface area contributed by atoms with Crippen molar-refractivity contribution in [1.82, 2.24) is 15.1 Å². The molecule has 0 radical (unpaired) electrons. The highest BCUT2D eigenvalue weighted by molar-refractivity contribution is 4.86. The van der Waals surface area contributed by atoms with Crippen molar-refractivity contribution in [2.24, 2.45) is 0 Å². The van der Waals surface area contributed by atoms with Gasteiger partial charge in [0.05, 0.1) is 6.61 Å². The Hall–Kier alpha value is -0.160. The first-order chi connectivity index (χ1) is 8.33. The lowest BCUT2D eigenvalue weighted by atomic mass is 10.2. The van der Waals surface area contributed by atoms with E-state index in [-0.39, 0.29) is 0 Å². The normalized spacial score (nSPS) is 28.9. The topological polar surface area (TPSA) is 27.7 Å². The van der Waals surface area contributed by atoms with Gasteiger partial charge in [0.1, 0.15) is 0 Å². The molecule has 0 aromatic carbocycles. The number of nitrogens with one attached hydrogen (secondary N) is 1. The average Bonchev–Trinajstić information content (AvgIpc) is 2.68. The van der Waals surface area contributed by atoms with Crippen molar-refractivity contribution in [1.29, 1.82) is 0 Å². The van der Waals surface area contributed by atoms with Gasteiger partial charge in [0.25, 0.3) is 0 Å². The molecule has 0 bridgehead atoms. The number of ether oxygens (including phenoxy) is 1. The first-order valence-electron chi connectivity index (χ1n) is 6.96. The van der Waals surface area contributed by atoms with Gasteiger partial charge in [-0.2, -0.15) is 0 Å². The van der Waals surface area contributed by atoms with E-state index < -0.39 is 0 Å². The van der Waals surface area contributed by atoms with Crippen molar-refractivity contribution in [3.63, 3.8) is 0 Å². The van der Waals surface area contributed by atoms with E-state index in [1.807, 2.05) is 7.05 Å². The summed E-state index contributed by atoms with van der Waals surface area (Å²) in [6, 6.07) is 1.28. The van der Waals surface area contributed by atoms with Crippen LogP contribution in [0.4, 0.5) is 0 Å². The van der Waals surface area contributed by atoms with E-state index in [9.17, 15) is 0 Å². The molecule has 0 aromatic rings. The molecular formula is C13H27N3O. The van der Waals surface area contributed by atoms with E-state index >= 15 is 0 Å². The first-order valence-corrected chi connectivity index (χ1v) is 6.96. The molecule has 2 saturated heterocycles. The summed E-state index contributed by atoms with van der Waals surface area (Å²) >= 11 is 0. The van der Waals surface area contributed by atoms with Crippen molar-refractivity contribution >= 4 is 0 Å². The standard InChI is InChI=1S/C13H27N3O/c1-14-12(11-17-2)9-15-6-4-8-16-7-3-5-13(16)10-15/h12-14H,3-11H2,1-2H3. The minimum atomic E-state index is 0.466. The predicted molar refractivity (Wildman–Crippen MR) is 70.4 cm³/mol. The van der Waals surface area contributed by atoms with Crippen LogP contribution in [0.15, 0.2) is 0 Å². The molecule has 2 fully saturated rings. The van der Waals surface area contributed by atoms with Gasteiger partial charge in [-0.1, -0.05) is 0 Å². The number of nitrogens with zero attached hydrogens (tertiary/aromatic N) is 2. The number of likely N-dealkylation sites (N-methyl/N-ethyl adjacent to an activating group) is 1. The second-order valence-electron chi connectivity index (χ2n) is 5.39. The quantitative estimate of drug-likeness (QED) is 0.754. The molecule has 2 unspecified atom stereocenters. The third-order valence-electron chi connectivity index (χ3n) is 4.14. The van der Waals surface area contributed by atoms with Crippen LogP contribution >= 0.6 is 0 Å². The number of methoxy groups -OCH3 is 1. The van der Waals surface area contributed by atoms with Crippen molar-refractivity contribution in [3.05, 3.63) is 0 Å². The van der Waals surface area contributed by atoms with Crippen molar-refractivity contribution in [2.75, 3.05) is 53.5 Å². The summed E-state index contributed by atoms with van der Waals surface area (Å²) < 4.78 is 5.25. The number of hydrogen-bond acceptors (Lipinski definition) is 4. The summed E-state index contributed by atoms with van der Waals surface area (Å²) in [5.74, 6) is 0. The maximum Gasteiger partial charge on any atom is 0.0628 e. The molecule has 17 heavy (non-hydrogen) atoms. The predicted octanol–water partition coefficient (Wildman–Crippen LogP) is 0.391. The fraction of sp³-hybridized carbons (Fsp3) is 1.00. The molecule has 100 valence electrons. The van der Waals surface area contributed by atoms with E-state index in [0.29, 0.717) is 6.04 Å². The summed E-state index contributed by atoms with van der Waals surface area (Å²) in [7, 11) is 3.81. The summed E-state index contributed by atoms with van der Waals surface area (Å²) in [4.78, 5) is 5.31. The largest absolute Gasteiger partial charge is 0.383 e. The van der Waals surface area contributed by atoms with Crippen LogP contribution in [0.25, 0.3) is 0 Å². The van der Waals surface area contributed by atoms with Crippen LogP contribution in [0.5, 0.6) is 0 Å². The Bertz CT molecular complexity index is 225. The summed E-state index contributed by atoms with van der Waals surface area (Å²) in [5, 5.41) is 3.35. The molecule has 2 heterocycles. The third-order valence-corrected chi connectivity index (χ3v) is 4.14. The second kappa shape index (κ2) is 6.69. The average molecular weight is 241 g/mol. The molecule has 4 nitrogen and oxygen atoms in total. The Morgan fingerprint density at radius 1 is 1.29 bits per heavy atom. The molecule has 0 amide bonds. The van der Waals surface area contributed by atoms with Crippen LogP contribution in [0.3, 0.4) is 0 Å². The van der Waals surface area contributed by atoms with Crippen molar-refractivity contribution in [2.45, 2.75) is 31.3 Å². The fourth-order valence-electron chi connectivity index (χ4n) is 3.19. The van der Waals surface area contributed by atoms with E-state index in [0.717, 1.165) is 19.2 Å². The Labute approximate surface area is 105 Å². The Morgan fingerprint density at radius 3 is 2.88 bits per heavy atom. The lowest BCUT2D eigenvalue weighted by molar-refractivity contribution is 0.136. The highest BCUT2D eigenvalue weighted by Crippen LogP contribution is 2.21. The molecule has 4 heteroatoms. The zero-order valence-electron chi connectivity index (χ0n) is 11.3. The number of fused-ring (bicyclic) bond motifs is 1. The van der Waals surface area contributed by atoms with Crippen LogP contribution in [-0.2, 0) is 4.74 Å². The Morgan fingerprint density at radius 2 is 2.12 bits per heavy atom. The molecule has 2 atom stereocenters. The van der Waals surface area contributed by atoms with Gasteiger partial charge in [0.15, 0.2) is 0 Å². The van der Waals surface area contributed by atoms with Gasteiger partial charge in [0.2, 0.25) is 0 Å². The molecule has 0 spiro atoms. The Balaban J connectivity index is 1.83. The molecule has 0 aromatic heterocycles. The van der Waals surface area contributed by atoms with Crippen molar-refractivity contribution < 1.29 is 4.74 Å². The van der Waals surface area contributed by atoms with Gasteiger partial charge in [-0.25, -0.2) is 0 Å². The maximum atomic E-state index is 5.25. The van der Waals surface area contributed by atoms with E-state index in [1.165, 1.54) is 45.4 Å². The summed E-state index contributed by atoms with van der Waals surface area (Å²) in [6.07, 6.45) is 4.11. The van der Waals surface area contributed by atoms with Gasteiger partial charge in [0, 0.05) is 32.3 Å². The van der Waals surface area contributed by atoms with Crippen molar-refractivity contribution in [3.8, 4) is 0 Å². The van der Waals surface area contributed by atoms with E-state index in [2.05, 4.69) is 15.1 Å². The highest BCUT2D eigenvalue weighted by Gasteiger charge is 2.29. The van der Waals surface area contributed by atoms with E-state index in [4.69, 9.17) is 4.74 Å². The van der Waals surface area contributed by atoms with Crippen LogP contribution < -0.4 is 5.32 Å². The molecule has 0 saturated carbocycles. The van der Waals surface area contributed by atoms with Gasteiger partial charge >= 0.3 is 0 Å². The zero-order valence-corrected chi connectivity index (χ0v) is 11.3. The lowest BCUT2D eigenvalue weighted by Gasteiger charge is -2.28. The molecular weight excluding hydrogens is 214 g/mol. The zero-order chi connectivity index (χ0) is 12.1. The fourth-order valence-corrected chi connectivity index (χ4v) is 3.19. The van der Waals surface area contributed by atoms with Gasteiger partial charge in [-0.15, -0.1) is 0 Å². The molecule has 2 rings (SSSR count). The van der Waals surface area contributed by atoms with Crippen LogP contribution in [-0.4, -0.2) is 75.4 Å². The SMILES string of the molecule is CNC(COC)CN1CCCN2CCCC2C1. The second-order valence-corrected chi connectivity index (χ2v) is 5.39. The monoisotopic (exact) mass is 241 g/mol. The summed E-state index contributed by atoms with van der Waals surface area (Å²) in [6.45, 7) is 7.05. The van der Waals surface area contributed by atoms with Gasteiger partial charge in [-0.05, 0) is 45.9 Å². The molecule has 2 aliphatic rings. The highest BCUT2D eigenvalue weighted by atomic mass is 16.5. The molecule has 0 aliphatic carbocycles. The van der Waals surface area contributed by atoms with Gasteiger partial charge < -0.3 is 15.0 Å². The molecule has 1 N–H and O–H groups in total. The minimum Gasteiger partial charge on any atom is -0.383 e. The lowest BCUT2D eigenvalue weighted by Crippen LogP contribution is -2.45. The first kappa shape index (κ1) is 13.3. The molecule has 2 aliphatic heterocycles. The Kier molecular flexibility index (Phi) is 5.22. The van der Waals surface area contributed by atoms with Crippen LogP contribution in [0.2, 0.25) is 0 Å². The third kappa shape index (κ3) is 3.65. The summed E-state index contributed by atoms with van der Waals surface area (Å²) in [5.41, 5.74) is 0. The smallest absolute Gasteiger partial charge is 0.0628 e. The van der Waals surface area contributed by atoms with Gasteiger partial charge in [-0.3, -0.25) is 4.90 Å². The number of hydrogen-bond donors (Lipinski definition) is 1.